The van der Waals surface area contributed by atoms with Crippen LogP contribution < -0.4 is 0 Å². The van der Waals surface area contributed by atoms with Crippen molar-refractivity contribution in [1.29, 1.82) is 0 Å². The quantitative estimate of drug-likeness (QED) is 0.772. The molecule has 1 aromatic carbocycles. The van der Waals surface area contributed by atoms with Crippen molar-refractivity contribution in [2.24, 2.45) is 0 Å². The Kier molecular flexibility index (Phi) is 5.98. The van der Waals surface area contributed by atoms with E-state index >= 15 is 0 Å². The van der Waals surface area contributed by atoms with Gasteiger partial charge in [0.25, 0.3) is 0 Å². The van der Waals surface area contributed by atoms with Gasteiger partial charge in [-0.3, -0.25) is 4.79 Å². The number of hydrogen-bond acceptors (Lipinski definition) is 4. The number of halogens is 1. The third-order valence-corrected chi connectivity index (χ3v) is 3.19. The van der Waals surface area contributed by atoms with Crippen LogP contribution in [0.3, 0.4) is 0 Å². The van der Waals surface area contributed by atoms with Crippen LogP contribution >= 0.6 is 15.9 Å². The molecular weight excluding hydrogens is 314 g/mol. The second kappa shape index (κ2) is 7.25. The lowest BCUT2D eigenvalue weighted by Crippen LogP contribution is -2.38. The van der Waals surface area contributed by atoms with E-state index < -0.39 is 12.0 Å². The molecule has 0 aliphatic carbocycles. The van der Waals surface area contributed by atoms with Gasteiger partial charge in [0.1, 0.15) is 6.61 Å². The van der Waals surface area contributed by atoms with Crippen LogP contribution in [0.4, 0.5) is 0 Å². The highest BCUT2D eigenvalue weighted by Gasteiger charge is 2.29. The number of nitrogens with zero attached hydrogens (tertiary/aromatic N) is 1. The Morgan fingerprint density at radius 1 is 1.26 bits per heavy atom. The van der Waals surface area contributed by atoms with E-state index in [0.717, 1.165) is 4.47 Å². The predicted octanol–water partition coefficient (Wildman–Crippen LogP) is 1.77. The molecular formula is C13H16BrNO4. The molecule has 0 aliphatic rings. The molecule has 0 heterocycles. The highest BCUT2D eigenvalue weighted by Crippen LogP contribution is 2.23. The molecule has 0 aromatic heterocycles. The molecule has 0 fully saturated rings. The summed E-state index contributed by atoms with van der Waals surface area (Å²) in [4.78, 5) is 25.0. The minimum absolute atomic E-state index is 0.0828. The Morgan fingerprint density at radius 2 is 1.84 bits per heavy atom. The van der Waals surface area contributed by atoms with Gasteiger partial charge in [0, 0.05) is 18.6 Å². The predicted molar refractivity (Wildman–Crippen MR) is 73.5 cm³/mol. The van der Waals surface area contributed by atoms with E-state index in [2.05, 4.69) is 15.9 Å². The molecule has 0 bridgehead atoms. The summed E-state index contributed by atoms with van der Waals surface area (Å²) >= 11 is 3.32. The van der Waals surface area contributed by atoms with Crippen molar-refractivity contribution in [3.05, 3.63) is 34.3 Å². The van der Waals surface area contributed by atoms with Gasteiger partial charge in [0.15, 0.2) is 6.04 Å². The van der Waals surface area contributed by atoms with Crippen molar-refractivity contribution < 1.29 is 19.1 Å². The summed E-state index contributed by atoms with van der Waals surface area (Å²) in [5.41, 5.74) is 0.682. The second-order valence-corrected chi connectivity index (χ2v) is 4.83. The Labute approximate surface area is 120 Å². The molecule has 1 atom stereocenters. The highest BCUT2D eigenvalue weighted by atomic mass is 79.9. The first-order chi connectivity index (χ1) is 9.01. The van der Waals surface area contributed by atoms with Gasteiger partial charge in [-0.25, -0.2) is 4.79 Å². The van der Waals surface area contributed by atoms with Crippen molar-refractivity contribution in [3.8, 4) is 0 Å². The van der Waals surface area contributed by atoms with Crippen molar-refractivity contribution in [3.63, 3.8) is 0 Å². The third-order valence-electron chi connectivity index (χ3n) is 2.66. The Hall–Kier alpha value is -1.40. The lowest BCUT2D eigenvalue weighted by Gasteiger charge is -2.26. The van der Waals surface area contributed by atoms with Crippen molar-refractivity contribution in [1.82, 2.24) is 4.90 Å². The fourth-order valence-electron chi connectivity index (χ4n) is 1.64. The molecule has 0 spiro atoms. The summed E-state index contributed by atoms with van der Waals surface area (Å²) in [5, 5.41) is 0. The van der Waals surface area contributed by atoms with Crippen molar-refractivity contribution in [2.45, 2.75) is 6.04 Å². The number of hydrogen-bond donors (Lipinski definition) is 0. The number of methoxy groups -OCH3 is 2. The van der Waals surface area contributed by atoms with E-state index in [1.807, 2.05) is 0 Å². The minimum atomic E-state index is -0.777. The van der Waals surface area contributed by atoms with Gasteiger partial charge in [0.05, 0.1) is 7.11 Å². The van der Waals surface area contributed by atoms with Gasteiger partial charge in [-0.15, -0.1) is 0 Å². The Bertz CT molecular complexity index is 446. The van der Waals surface area contributed by atoms with Crippen LogP contribution in [0.5, 0.6) is 0 Å². The molecule has 1 aromatic rings. The first kappa shape index (κ1) is 15.7. The molecule has 0 aliphatic heterocycles. The topological polar surface area (TPSA) is 55.8 Å². The number of likely N-dealkylation sites (N-methyl/N-ethyl adjacent to an activating group) is 1. The molecule has 104 valence electrons. The molecule has 5 nitrogen and oxygen atoms in total. The zero-order valence-corrected chi connectivity index (χ0v) is 12.6. The van der Waals surface area contributed by atoms with Crippen molar-refractivity contribution >= 4 is 27.8 Å². The Morgan fingerprint density at radius 3 is 2.32 bits per heavy atom. The average molecular weight is 330 g/mol. The van der Waals surface area contributed by atoms with Crippen molar-refractivity contribution in [2.75, 3.05) is 27.9 Å². The summed E-state index contributed by atoms with van der Waals surface area (Å²) in [6.07, 6.45) is 0. The van der Waals surface area contributed by atoms with E-state index in [-0.39, 0.29) is 12.5 Å². The summed E-state index contributed by atoms with van der Waals surface area (Å²) in [5.74, 6) is -0.782. The largest absolute Gasteiger partial charge is 0.467 e. The molecule has 1 rings (SSSR count). The summed E-state index contributed by atoms with van der Waals surface area (Å²) in [6.45, 7) is -0.0828. The average Bonchev–Trinajstić information content (AvgIpc) is 2.41. The highest BCUT2D eigenvalue weighted by molar-refractivity contribution is 9.10. The number of amides is 1. The molecule has 0 saturated heterocycles. The first-order valence-electron chi connectivity index (χ1n) is 5.59. The fraction of sp³-hybridized carbons (Fsp3) is 0.385. The monoisotopic (exact) mass is 329 g/mol. The number of ether oxygens (including phenoxy) is 2. The number of carbonyl (C=O) groups excluding carboxylic acids is 2. The van der Waals surface area contributed by atoms with Crippen LogP contribution in [0, 0.1) is 0 Å². The smallest absolute Gasteiger partial charge is 0.333 e. The van der Waals surface area contributed by atoms with E-state index in [0.29, 0.717) is 5.56 Å². The maximum absolute atomic E-state index is 11.9. The van der Waals surface area contributed by atoms with Gasteiger partial charge in [0.2, 0.25) is 5.91 Å². The van der Waals surface area contributed by atoms with E-state index in [1.165, 1.54) is 19.1 Å². The second-order valence-electron chi connectivity index (χ2n) is 3.91. The number of carbonyl (C=O) groups is 2. The standard InChI is InChI=1S/C13H16BrNO4/c1-15(11(16)8-18-2)12(13(17)19-3)9-4-6-10(14)7-5-9/h4-7,12H,8H2,1-3H3/t12-/m0/s1. The fourth-order valence-corrected chi connectivity index (χ4v) is 1.91. The van der Waals surface area contributed by atoms with Crippen LogP contribution in [-0.2, 0) is 19.1 Å². The summed E-state index contributed by atoms with van der Waals surface area (Å²) in [7, 11) is 4.27. The minimum Gasteiger partial charge on any atom is -0.467 e. The van der Waals surface area contributed by atoms with Gasteiger partial charge in [-0.05, 0) is 17.7 Å². The maximum Gasteiger partial charge on any atom is 0.333 e. The summed E-state index contributed by atoms with van der Waals surface area (Å²) in [6, 6.07) is 6.37. The maximum atomic E-state index is 11.9. The number of rotatable bonds is 5. The van der Waals surface area contributed by atoms with Crippen LogP contribution in [0.25, 0.3) is 0 Å². The number of esters is 1. The lowest BCUT2D eigenvalue weighted by atomic mass is 10.1. The molecule has 1 amide bonds. The van der Waals surface area contributed by atoms with Gasteiger partial charge >= 0.3 is 5.97 Å². The van der Waals surface area contributed by atoms with Crippen LogP contribution in [0.2, 0.25) is 0 Å². The normalized spacial score (nSPS) is 11.8. The molecule has 0 radical (unpaired) electrons. The first-order valence-corrected chi connectivity index (χ1v) is 6.38. The SMILES string of the molecule is COCC(=O)N(C)[C@H](C(=O)OC)c1ccc(Br)cc1. The number of benzene rings is 1. The molecule has 6 heteroatoms. The van der Waals surface area contributed by atoms with Gasteiger partial charge in [-0.1, -0.05) is 28.1 Å². The summed E-state index contributed by atoms with van der Waals surface area (Å²) < 4.78 is 10.4. The lowest BCUT2D eigenvalue weighted by molar-refractivity contribution is -0.153. The van der Waals surface area contributed by atoms with E-state index in [9.17, 15) is 9.59 Å². The van der Waals surface area contributed by atoms with Gasteiger partial charge in [-0.2, -0.15) is 0 Å². The molecule has 19 heavy (non-hydrogen) atoms. The third kappa shape index (κ3) is 4.04. The zero-order chi connectivity index (χ0) is 14.4. The van der Waals surface area contributed by atoms with E-state index in [4.69, 9.17) is 9.47 Å². The van der Waals surface area contributed by atoms with Crippen LogP contribution in [0.1, 0.15) is 11.6 Å². The van der Waals surface area contributed by atoms with Gasteiger partial charge < -0.3 is 14.4 Å². The molecule has 0 unspecified atom stereocenters. The zero-order valence-electron chi connectivity index (χ0n) is 11.1. The van der Waals surface area contributed by atoms with Crippen LogP contribution in [0.15, 0.2) is 28.7 Å². The molecule has 0 N–H and O–H groups in total. The van der Waals surface area contributed by atoms with E-state index in [1.54, 1.807) is 31.3 Å². The van der Waals surface area contributed by atoms with Crippen LogP contribution in [-0.4, -0.2) is 44.7 Å². The Balaban J connectivity index is 3.04. The molecule has 0 saturated carbocycles.